The minimum absolute atomic E-state index is 0.00185. The molecule has 3 heteroatoms. The van der Waals surface area contributed by atoms with E-state index < -0.39 is 0 Å². The maximum Gasteiger partial charge on any atom is 0.224 e. The first-order chi connectivity index (χ1) is 7.97. The van der Waals surface area contributed by atoms with Gasteiger partial charge in [-0.2, -0.15) is 0 Å². The van der Waals surface area contributed by atoms with Crippen molar-refractivity contribution in [2.45, 2.75) is 45.8 Å². The highest BCUT2D eigenvalue weighted by Crippen LogP contribution is 2.04. The van der Waals surface area contributed by atoms with Crippen molar-refractivity contribution in [3.05, 3.63) is 35.4 Å². The Kier molecular flexibility index (Phi) is 5.16. The van der Waals surface area contributed by atoms with Gasteiger partial charge in [-0.05, 0) is 32.8 Å². The van der Waals surface area contributed by atoms with Gasteiger partial charge in [-0.15, -0.1) is 0 Å². The summed E-state index contributed by atoms with van der Waals surface area (Å²) in [6, 6.07) is 7.94. The van der Waals surface area contributed by atoms with Gasteiger partial charge in [-0.25, -0.2) is 0 Å². The van der Waals surface area contributed by atoms with E-state index in [9.17, 15) is 9.90 Å². The van der Waals surface area contributed by atoms with Crippen LogP contribution in [0.15, 0.2) is 24.3 Å². The number of nitrogens with one attached hydrogen (secondary N) is 1. The highest BCUT2D eigenvalue weighted by Gasteiger charge is 2.10. The molecule has 0 saturated carbocycles. The van der Waals surface area contributed by atoms with E-state index in [0.717, 1.165) is 5.56 Å². The summed E-state index contributed by atoms with van der Waals surface area (Å²) in [4.78, 5) is 11.7. The second-order valence-corrected chi connectivity index (χ2v) is 4.72. The van der Waals surface area contributed by atoms with Gasteiger partial charge >= 0.3 is 0 Å². The fraction of sp³-hybridized carbons (Fsp3) is 0.500. The average molecular weight is 235 g/mol. The van der Waals surface area contributed by atoms with E-state index in [-0.39, 0.29) is 18.1 Å². The zero-order valence-electron chi connectivity index (χ0n) is 10.7. The normalized spacial score (nSPS) is 14.1. The molecule has 0 aliphatic carbocycles. The summed E-state index contributed by atoms with van der Waals surface area (Å²) in [5.74, 6) is 0.00185. The summed E-state index contributed by atoms with van der Waals surface area (Å²) in [5.41, 5.74) is 2.20. The Labute approximate surface area is 103 Å². The maximum absolute atomic E-state index is 11.7. The highest BCUT2D eigenvalue weighted by molar-refractivity contribution is 5.78. The molecule has 2 atom stereocenters. The van der Waals surface area contributed by atoms with Crippen LogP contribution in [0.25, 0.3) is 0 Å². The molecule has 3 nitrogen and oxygen atoms in total. The number of benzene rings is 1. The second-order valence-electron chi connectivity index (χ2n) is 4.72. The van der Waals surface area contributed by atoms with Gasteiger partial charge in [0.05, 0.1) is 12.5 Å². The molecule has 1 rings (SSSR count). The number of aryl methyl sites for hydroxylation is 1. The lowest BCUT2D eigenvalue weighted by atomic mass is 10.1. The summed E-state index contributed by atoms with van der Waals surface area (Å²) in [6.45, 7) is 5.65. The molecule has 0 spiro atoms. The van der Waals surface area contributed by atoms with E-state index in [1.807, 2.05) is 38.1 Å². The van der Waals surface area contributed by atoms with Gasteiger partial charge in [0, 0.05) is 6.04 Å². The molecule has 0 fully saturated rings. The largest absolute Gasteiger partial charge is 0.393 e. The van der Waals surface area contributed by atoms with E-state index in [0.29, 0.717) is 12.8 Å². The molecule has 0 aliphatic heterocycles. The molecule has 2 N–H and O–H groups in total. The molecule has 1 aromatic rings. The van der Waals surface area contributed by atoms with Gasteiger partial charge in [0.1, 0.15) is 0 Å². The predicted molar refractivity (Wildman–Crippen MR) is 68.8 cm³/mol. The van der Waals surface area contributed by atoms with Crippen molar-refractivity contribution in [3.63, 3.8) is 0 Å². The van der Waals surface area contributed by atoms with Gasteiger partial charge < -0.3 is 10.4 Å². The molecule has 0 radical (unpaired) electrons. The van der Waals surface area contributed by atoms with Crippen LogP contribution in [-0.2, 0) is 11.2 Å². The number of rotatable bonds is 5. The summed E-state index contributed by atoms with van der Waals surface area (Å²) in [7, 11) is 0. The molecule has 17 heavy (non-hydrogen) atoms. The third kappa shape index (κ3) is 5.50. The number of hydrogen-bond acceptors (Lipinski definition) is 2. The zero-order valence-corrected chi connectivity index (χ0v) is 10.7. The van der Waals surface area contributed by atoms with Gasteiger partial charge in [0.25, 0.3) is 0 Å². The van der Waals surface area contributed by atoms with Gasteiger partial charge in [0.15, 0.2) is 0 Å². The first kappa shape index (κ1) is 13.7. The van der Waals surface area contributed by atoms with Crippen LogP contribution in [0.3, 0.4) is 0 Å². The number of aliphatic hydroxyl groups excluding tert-OH is 1. The van der Waals surface area contributed by atoms with Crippen molar-refractivity contribution in [3.8, 4) is 0 Å². The molecule has 1 amide bonds. The van der Waals surface area contributed by atoms with Crippen LogP contribution in [0.1, 0.15) is 31.4 Å². The lowest BCUT2D eigenvalue weighted by molar-refractivity contribution is -0.121. The van der Waals surface area contributed by atoms with Crippen LogP contribution in [0.5, 0.6) is 0 Å². The van der Waals surface area contributed by atoms with E-state index in [1.165, 1.54) is 5.56 Å². The number of carbonyl (C=O) groups excluding carboxylic acids is 1. The van der Waals surface area contributed by atoms with E-state index in [2.05, 4.69) is 5.32 Å². The molecule has 0 aliphatic rings. The van der Waals surface area contributed by atoms with Crippen LogP contribution in [0, 0.1) is 6.92 Å². The third-order valence-electron chi connectivity index (χ3n) is 2.59. The summed E-state index contributed by atoms with van der Waals surface area (Å²) >= 11 is 0. The highest BCUT2D eigenvalue weighted by atomic mass is 16.3. The Hall–Kier alpha value is -1.35. The van der Waals surface area contributed by atoms with E-state index >= 15 is 0 Å². The minimum Gasteiger partial charge on any atom is -0.393 e. The second kappa shape index (κ2) is 6.40. The molecular formula is C14H21NO2. The molecular weight excluding hydrogens is 214 g/mol. The smallest absolute Gasteiger partial charge is 0.224 e. The predicted octanol–water partition coefficient (Wildman–Crippen LogP) is 1.81. The number of carbonyl (C=O) groups is 1. The van der Waals surface area contributed by atoms with Crippen LogP contribution in [0.2, 0.25) is 0 Å². The summed E-state index contributed by atoms with van der Waals surface area (Å²) in [5, 5.41) is 12.1. The van der Waals surface area contributed by atoms with Crippen molar-refractivity contribution >= 4 is 5.91 Å². The number of hydrogen-bond donors (Lipinski definition) is 2. The van der Waals surface area contributed by atoms with E-state index in [4.69, 9.17) is 0 Å². The number of amides is 1. The Morgan fingerprint density at radius 3 is 2.41 bits per heavy atom. The van der Waals surface area contributed by atoms with Gasteiger partial charge in [0.2, 0.25) is 5.91 Å². The molecule has 0 saturated heterocycles. The molecule has 0 bridgehead atoms. The Balaban J connectivity index is 2.41. The zero-order chi connectivity index (χ0) is 12.8. The van der Waals surface area contributed by atoms with E-state index in [1.54, 1.807) is 6.92 Å². The molecule has 94 valence electrons. The fourth-order valence-electron chi connectivity index (χ4n) is 1.79. The third-order valence-corrected chi connectivity index (χ3v) is 2.59. The summed E-state index contributed by atoms with van der Waals surface area (Å²) < 4.78 is 0. The van der Waals surface area contributed by atoms with Crippen LogP contribution >= 0.6 is 0 Å². The fourth-order valence-corrected chi connectivity index (χ4v) is 1.79. The summed E-state index contributed by atoms with van der Waals surface area (Å²) in [6.07, 6.45) is 0.592. The topological polar surface area (TPSA) is 49.3 Å². The first-order valence-electron chi connectivity index (χ1n) is 6.00. The number of aliphatic hydroxyl groups is 1. The Morgan fingerprint density at radius 2 is 1.88 bits per heavy atom. The SMILES string of the molecule is Cc1ccc(CC(=O)NC(C)CC(C)O)cc1. The van der Waals surface area contributed by atoms with Crippen molar-refractivity contribution in [2.75, 3.05) is 0 Å². The Morgan fingerprint density at radius 1 is 1.29 bits per heavy atom. The quantitative estimate of drug-likeness (QED) is 0.817. The average Bonchev–Trinajstić information content (AvgIpc) is 2.19. The maximum atomic E-state index is 11.7. The standard InChI is InChI=1S/C14H21NO2/c1-10-4-6-13(7-5-10)9-14(17)15-11(2)8-12(3)16/h4-7,11-12,16H,8-9H2,1-3H3,(H,15,17). The van der Waals surface area contributed by atoms with Crippen molar-refractivity contribution in [1.29, 1.82) is 0 Å². The van der Waals surface area contributed by atoms with Crippen LogP contribution in [-0.4, -0.2) is 23.2 Å². The van der Waals surface area contributed by atoms with Crippen LogP contribution < -0.4 is 5.32 Å². The molecule has 0 heterocycles. The lowest BCUT2D eigenvalue weighted by Gasteiger charge is -2.15. The van der Waals surface area contributed by atoms with Crippen molar-refractivity contribution in [2.24, 2.45) is 0 Å². The van der Waals surface area contributed by atoms with Crippen molar-refractivity contribution in [1.82, 2.24) is 5.32 Å². The lowest BCUT2D eigenvalue weighted by Crippen LogP contribution is -2.35. The van der Waals surface area contributed by atoms with Gasteiger partial charge in [-0.1, -0.05) is 29.8 Å². The van der Waals surface area contributed by atoms with Gasteiger partial charge in [-0.3, -0.25) is 4.79 Å². The molecule has 0 aromatic heterocycles. The Bertz CT molecular complexity index is 357. The first-order valence-corrected chi connectivity index (χ1v) is 6.00. The molecule has 1 aromatic carbocycles. The van der Waals surface area contributed by atoms with Crippen LogP contribution in [0.4, 0.5) is 0 Å². The monoisotopic (exact) mass is 235 g/mol. The minimum atomic E-state index is -0.385. The van der Waals surface area contributed by atoms with Crippen molar-refractivity contribution < 1.29 is 9.90 Å². The molecule has 2 unspecified atom stereocenters.